The summed E-state index contributed by atoms with van der Waals surface area (Å²) in [6, 6.07) is 7.21. The van der Waals surface area contributed by atoms with E-state index in [-0.39, 0.29) is 12.5 Å². The number of rotatable bonds is 5. The molecule has 1 aliphatic rings. The number of benzene rings is 1. The number of methoxy groups -OCH3 is 1. The number of hydrogen-bond donors (Lipinski definition) is 1. The molecular weight excluding hydrogens is 306 g/mol. The number of nitrogens with zero attached hydrogens (tertiary/aromatic N) is 2. The lowest BCUT2D eigenvalue weighted by Crippen LogP contribution is -2.50. The van der Waals surface area contributed by atoms with E-state index >= 15 is 0 Å². The number of sulfonamides is 1. The average Bonchev–Trinajstić information content (AvgIpc) is 2.47. The predicted molar refractivity (Wildman–Crippen MR) is 84.5 cm³/mol. The third kappa shape index (κ3) is 4.43. The van der Waals surface area contributed by atoms with Gasteiger partial charge in [0.05, 0.1) is 25.6 Å². The van der Waals surface area contributed by atoms with Crippen molar-refractivity contribution in [2.75, 3.05) is 51.4 Å². The Morgan fingerprint density at radius 1 is 1.23 bits per heavy atom. The minimum absolute atomic E-state index is 0.141. The number of para-hydroxylation sites is 2. The molecule has 0 spiro atoms. The summed E-state index contributed by atoms with van der Waals surface area (Å²) in [6.45, 7) is 2.16. The van der Waals surface area contributed by atoms with Gasteiger partial charge in [0.15, 0.2) is 0 Å². The standard InChI is InChI=1S/C14H21N3O4S/c1-21-13-6-4-3-5-12(13)15-14(18)11-16-7-9-17(10-8-16)22(2,19)20/h3-6H,7-11H2,1-2H3,(H,15,18). The lowest BCUT2D eigenvalue weighted by atomic mass is 10.3. The van der Waals surface area contributed by atoms with E-state index in [0.29, 0.717) is 37.6 Å². The fourth-order valence-corrected chi connectivity index (χ4v) is 3.19. The smallest absolute Gasteiger partial charge is 0.238 e. The van der Waals surface area contributed by atoms with Gasteiger partial charge in [0.2, 0.25) is 15.9 Å². The minimum atomic E-state index is -3.15. The second-order valence-corrected chi connectivity index (χ2v) is 7.17. The van der Waals surface area contributed by atoms with Gasteiger partial charge in [0.25, 0.3) is 0 Å². The van der Waals surface area contributed by atoms with Crippen molar-refractivity contribution in [1.29, 1.82) is 0 Å². The summed E-state index contributed by atoms with van der Waals surface area (Å²) in [6.07, 6.45) is 1.21. The van der Waals surface area contributed by atoms with E-state index in [2.05, 4.69) is 5.32 Å². The van der Waals surface area contributed by atoms with E-state index in [9.17, 15) is 13.2 Å². The van der Waals surface area contributed by atoms with Crippen molar-refractivity contribution >= 4 is 21.6 Å². The number of hydrogen-bond acceptors (Lipinski definition) is 5. The third-order valence-corrected chi connectivity index (χ3v) is 4.85. The summed E-state index contributed by atoms with van der Waals surface area (Å²) in [7, 11) is -1.59. The molecule has 1 aromatic rings. The number of carbonyl (C=O) groups excluding carboxylic acids is 1. The Kier molecular flexibility index (Phi) is 5.38. The first-order valence-corrected chi connectivity index (χ1v) is 8.85. The number of carbonyl (C=O) groups is 1. The lowest BCUT2D eigenvalue weighted by Gasteiger charge is -2.32. The molecule has 1 aromatic carbocycles. The van der Waals surface area contributed by atoms with Crippen molar-refractivity contribution in [1.82, 2.24) is 9.21 Å². The van der Waals surface area contributed by atoms with Gasteiger partial charge in [-0.25, -0.2) is 8.42 Å². The molecule has 7 nitrogen and oxygen atoms in total. The molecule has 0 saturated carbocycles. The van der Waals surface area contributed by atoms with Crippen molar-refractivity contribution in [2.45, 2.75) is 0 Å². The van der Waals surface area contributed by atoms with Crippen LogP contribution in [0.5, 0.6) is 5.75 Å². The normalized spacial score (nSPS) is 17.2. The van der Waals surface area contributed by atoms with Crippen LogP contribution < -0.4 is 10.1 Å². The monoisotopic (exact) mass is 327 g/mol. The molecule has 1 heterocycles. The van der Waals surface area contributed by atoms with Crippen LogP contribution in [0.4, 0.5) is 5.69 Å². The van der Waals surface area contributed by atoms with Gasteiger partial charge in [-0.2, -0.15) is 4.31 Å². The van der Waals surface area contributed by atoms with Crippen LogP contribution in [0, 0.1) is 0 Å². The number of ether oxygens (including phenoxy) is 1. The fraction of sp³-hybridized carbons (Fsp3) is 0.500. The highest BCUT2D eigenvalue weighted by molar-refractivity contribution is 7.88. The first-order chi connectivity index (χ1) is 10.4. The molecule has 0 radical (unpaired) electrons. The van der Waals surface area contributed by atoms with Crippen LogP contribution in [0.3, 0.4) is 0 Å². The molecule has 1 saturated heterocycles. The minimum Gasteiger partial charge on any atom is -0.495 e. The Morgan fingerprint density at radius 3 is 2.45 bits per heavy atom. The molecule has 0 aliphatic carbocycles. The number of amides is 1. The third-order valence-electron chi connectivity index (χ3n) is 3.55. The molecule has 22 heavy (non-hydrogen) atoms. The van der Waals surface area contributed by atoms with Gasteiger partial charge in [-0.05, 0) is 12.1 Å². The highest BCUT2D eigenvalue weighted by Crippen LogP contribution is 2.22. The highest BCUT2D eigenvalue weighted by Gasteiger charge is 2.24. The largest absolute Gasteiger partial charge is 0.495 e. The molecule has 0 unspecified atom stereocenters. The van der Waals surface area contributed by atoms with Crippen LogP contribution in [0.1, 0.15) is 0 Å². The Morgan fingerprint density at radius 2 is 1.86 bits per heavy atom. The van der Waals surface area contributed by atoms with Gasteiger partial charge >= 0.3 is 0 Å². The molecule has 0 atom stereocenters. The summed E-state index contributed by atoms with van der Waals surface area (Å²) in [5.41, 5.74) is 0.629. The van der Waals surface area contributed by atoms with Crippen molar-refractivity contribution < 1.29 is 17.9 Å². The van der Waals surface area contributed by atoms with E-state index < -0.39 is 10.0 Å². The van der Waals surface area contributed by atoms with Crippen LogP contribution in [-0.4, -0.2) is 69.6 Å². The SMILES string of the molecule is COc1ccccc1NC(=O)CN1CCN(S(C)(=O)=O)CC1. The van der Waals surface area contributed by atoms with Crippen molar-refractivity contribution in [3.63, 3.8) is 0 Å². The summed E-state index contributed by atoms with van der Waals surface area (Å²) < 4.78 is 29.5. The lowest BCUT2D eigenvalue weighted by molar-refractivity contribution is -0.117. The van der Waals surface area contributed by atoms with E-state index in [4.69, 9.17) is 4.74 Å². The Bertz CT molecular complexity index is 625. The topological polar surface area (TPSA) is 79.0 Å². The molecule has 0 aromatic heterocycles. The molecule has 1 N–H and O–H groups in total. The maximum absolute atomic E-state index is 12.1. The van der Waals surface area contributed by atoms with E-state index in [0.717, 1.165) is 0 Å². The Hall–Kier alpha value is -1.64. The van der Waals surface area contributed by atoms with Gasteiger partial charge in [0.1, 0.15) is 5.75 Å². The zero-order chi connectivity index (χ0) is 16.2. The zero-order valence-corrected chi connectivity index (χ0v) is 13.6. The molecule has 8 heteroatoms. The molecule has 2 rings (SSSR count). The molecule has 0 bridgehead atoms. The van der Waals surface area contributed by atoms with Crippen molar-refractivity contribution in [3.05, 3.63) is 24.3 Å². The second kappa shape index (κ2) is 7.08. The van der Waals surface area contributed by atoms with Gasteiger partial charge in [-0.15, -0.1) is 0 Å². The summed E-state index contributed by atoms with van der Waals surface area (Å²) >= 11 is 0. The maximum atomic E-state index is 12.1. The second-order valence-electron chi connectivity index (χ2n) is 5.19. The number of nitrogens with one attached hydrogen (secondary N) is 1. The van der Waals surface area contributed by atoms with Crippen LogP contribution in [0.25, 0.3) is 0 Å². The molecule has 122 valence electrons. The van der Waals surface area contributed by atoms with Crippen molar-refractivity contribution in [2.24, 2.45) is 0 Å². The maximum Gasteiger partial charge on any atom is 0.238 e. The Labute approximate surface area is 130 Å². The van der Waals surface area contributed by atoms with Crippen LogP contribution in [0.2, 0.25) is 0 Å². The van der Waals surface area contributed by atoms with Crippen LogP contribution in [0.15, 0.2) is 24.3 Å². The molecule has 1 aliphatic heterocycles. The van der Waals surface area contributed by atoms with Crippen LogP contribution >= 0.6 is 0 Å². The van der Waals surface area contributed by atoms with Crippen LogP contribution in [-0.2, 0) is 14.8 Å². The number of piperazine rings is 1. The number of anilines is 1. The van der Waals surface area contributed by atoms with Gasteiger partial charge in [-0.3, -0.25) is 9.69 Å². The zero-order valence-electron chi connectivity index (χ0n) is 12.8. The van der Waals surface area contributed by atoms with E-state index in [1.165, 1.54) is 10.6 Å². The Balaban J connectivity index is 1.86. The first kappa shape index (κ1) is 16.7. The summed E-state index contributed by atoms with van der Waals surface area (Å²) in [4.78, 5) is 14.0. The summed E-state index contributed by atoms with van der Waals surface area (Å²) in [5, 5.41) is 2.81. The highest BCUT2D eigenvalue weighted by atomic mass is 32.2. The first-order valence-electron chi connectivity index (χ1n) is 7.00. The molecule has 1 fully saturated rings. The predicted octanol–water partition coefficient (Wildman–Crippen LogP) is 0.211. The average molecular weight is 327 g/mol. The fourth-order valence-electron chi connectivity index (χ4n) is 2.36. The van der Waals surface area contributed by atoms with Gasteiger partial charge < -0.3 is 10.1 Å². The van der Waals surface area contributed by atoms with Gasteiger partial charge in [0, 0.05) is 26.2 Å². The molecular formula is C14H21N3O4S. The van der Waals surface area contributed by atoms with Gasteiger partial charge in [-0.1, -0.05) is 12.1 Å². The van der Waals surface area contributed by atoms with Crippen molar-refractivity contribution in [3.8, 4) is 5.75 Å². The van der Waals surface area contributed by atoms with E-state index in [1.54, 1.807) is 19.2 Å². The van der Waals surface area contributed by atoms with E-state index in [1.807, 2.05) is 17.0 Å². The molecule has 1 amide bonds. The summed E-state index contributed by atoms with van der Waals surface area (Å²) in [5.74, 6) is 0.468. The quantitative estimate of drug-likeness (QED) is 0.836.